The van der Waals surface area contributed by atoms with Crippen molar-refractivity contribution in [1.82, 2.24) is 14.7 Å². The number of carbonyl (C=O) groups excluding carboxylic acids is 1. The molecule has 6 nitrogen and oxygen atoms in total. The lowest BCUT2D eigenvalue weighted by atomic mass is 10.0. The maximum absolute atomic E-state index is 13.2. The largest absolute Gasteiger partial charge is 0.484 e. The fraction of sp³-hybridized carbons (Fsp3) is 0.560. The summed E-state index contributed by atoms with van der Waals surface area (Å²) in [5.41, 5.74) is 3.58. The number of fused-ring (bicyclic) bond motifs is 1. The highest BCUT2D eigenvalue weighted by atomic mass is 32.1. The molecule has 32 heavy (non-hydrogen) atoms. The van der Waals surface area contributed by atoms with Crippen LogP contribution >= 0.6 is 11.3 Å². The Labute approximate surface area is 194 Å². The van der Waals surface area contributed by atoms with Gasteiger partial charge < -0.3 is 14.4 Å². The molecule has 0 bridgehead atoms. The number of ether oxygens (including phenoxy) is 2. The number of carbonyl (C=O) groups is 1. The summed E-state index contributed by atoms with van der Waals surface area (Å²) < 4.78 is 11.9. The Balaban J connectivity index is 1.24. The first-order valence-electron chi connectivity index (χ1n) is 11.8. The van der Waals surface area contributed by atoms with Crippen molar-refractivity contribution in [3.8, 4) is 5.75 Å². The third-order valence-corrected chi connectivity index (χ3v) is 7.66. The second-order valence-electron chi connectivity index (χ2n) is 9.20. The van der Waals surface area contributed by atoms with Gasteiger partial charge in [0.15, 0.2) is 0 Å². The summed E-state index contributed by atoms with van der Waals surface area (Å²) in [5, 5.41) is 4.24. The minimum atomic E-state index is -0.0509. The van der Waals surface area contributed by atoms with Crippen LogP contribution in [0.5, 0.6) is 5.75 Å². The van der Waals surface area contributed by atoms with Crippen molar-refractivity contribution in [2.24, 2.45) is 0 Å². The van der Waals surface area contributed by atoms with Gasteiger partial charge in [-0.05, 0) is 42.7 Å². The van der Waals surface area contributed by atoms with Gasteiger partial charge in [-0.25, -0.2) is 0 Å². The fourth-order valence-electron chi connectivity index (χ4n) is 5.14. The summed E-state index contributed by atoms with van der Waals surface area (Å²) in [6.07, 6.45) is 2.08. The predicted octanol–water partition coefficient (Wildman–Crippen LogP) is 3.32. The SMILES string of the molecule is Cc1ccc2c(c1)CN(CC(=O)N1CCC(N3CCOCC3)CC1)CC(c1ccsc1)O2. The monoisotopic (exact) mass is 455 g/mol. The van der Waals surface area contributed by atoms with Gasteiger partial charge in [-0.2, -0.15) is 11.3 Å². The zero-order valence-corrected chi connectivity index (χ0v) is 19.7. The minimum Gasteiger partial charge on any atom is -0.484 e. The van der Waals surface area contributed by atoms with Gasteiger partial charge in [-0.3, -0.25) is 14.6 Å². The Morgan fingerprint density at radius 2 is 1.94 bits per heavy atom. The molecule has 1 aromatic heterocycles. The minimum absolute atomic E-state index is 0.0509. The molecule has 2 fully saturated rings. The molecule has 172 valence electrons. The van der Waals surface area contributed by atoms with Crippen LogP contribution in [0.15, 0.2) is 35.0 Å². The predicted molar refractivity (Wildman–Crippen MR) is 126 cm³/mol. The van der Waals surface area contributed by atoms with E-state index in [1.54, 1.807) is 11.3 Å². The van der Waals surface area contributed by atoms with Gasteiger partial charge in [0, 0.05) is 56.4 Å². The first-order valence-corrected chi connectivity index (χ1v) is 12.7. The van der Waals surface area contributed by atoms with E-state index in [9.17, 15) is 4.79 Å². The molecule has 1 atom stereocenters. The van der Waals surface area contributed by atoms with E-state index in [1.165, 1.54) is 16.7 Å². The molecule has 2 saturated heterocycles. The number of thiophene rings is 1. The number of hydrogen-bond acceptors (Lipinski definition) is 6. The first kappa shape index (κ1) is 21.9. The average Bonchev–Trinajstić information content (AvgIpc) is 3.30. The van der Waals surface area contributed by atoms with Crippen LogP contribution in [0.1, 0.15) is 35.6 Å². The molecule has 0 radical (unpaired) electrons. The number of aryl methyl sites for hydroxylation is 1. The quantitative estimate of drug-likeness (QED) is 0.708. The third-order valence-electron chi connectivity index (χ3n) is 6.96. The molecule has 2 aromatic rings. The maximum Gasteiger partial charge on any atom is 0.236 e. The van der Waals surface area contributed by atoms with Gasteiger partial charge >= 0.3 is 0 Å². The summed E-state index contributed by atoms with van der Waals surface area (Å²) >= 11 is 1.69. The van der Waals surface area contributed by atoms with E-state index in [1.807, 2.05) is 0 Å². The Morgan fingerprint density at radius 3 is 2.69 bits per heavy atom. The number of hydrogen-bond donors (Lipinski definition) is 0. The summed E-state index contributed by atoms with van der Waals surface area (Å²) in [6.45, 7) is 9.45. The van der Waals surface area contributed by atoms with Crippen LogP contribution in [0.3, 0.4) is 0 Å². The molecular formula is C25H33N3O3S. The number of nitrogens with zero attached hydrogens (tertiary/aromatic N) is 3. The standard InChI is InChI=1S/C25H33N3O3S/c1-19-2-3-23-21(14-19)15-26(16-24(31-23)20-6-13-32-18-20)17-25(29)28-7-4-22(5-8-28)27-9-11-30-12-10-27/h2-3,6,13-14,18,22,24H,4-5,7-12,15-17H2,1H3. The Kier molecular flexibility index (Phi) is 6.78. The first-order chi connectivity index (χ1) is 15.7. The van der Waals surface area contributed by atoms with Crippen molar-refractivity contribution in [2.45, 2.75) is 38.5 Å². The fourth-order valence-corrected chi connectivity index (χ4v) is 5.85. The van der Waals surface area contributed by atoms with E-state index in [0.29, 0.717) is 12.6 Å². The van der Waals surface area contributed by atoms with Gasteiger partial charge in [-0.15, -0.1) is 0 Å². The van der Waals surface area contributed by atoms with Crippen LogP contribution in [-0.2, 0) is 16.1 Å². The average molecular weight is 456 g/mol. The molecule has 0 N–H and O–H groups in total. The van der Waals surface area contributed by atoms with Crippen molar-refractivity contribution in [2.75, 3.05) is 52.5 Å². The molecule has 3 aliphatic heterocycles. The van der Waals surface area contributed by atoms with Crippen LogP contribution in [-0.4, -0.2) is 79.1 Å². The van der Waals surface area contributed by atoms with E-state index >= 15 is 0 Å². The molecule has 4 heterocycles. The Morgan fingerprint density at radius 1 is 1.12 bits per heavy atom. The Hall–Kier alpha value is -1.93. The highest BCUT2D eigenvalue weighted by Crippen LogP contribution is 2.32. The molecule has 5 rings (SSSR count). The molecule has 3 aliphatic rings. The van der Waals surface area contributed by atoms with Crippen molar-refractivity contribution in [3.63, 3.8) is 0 Å². The van der Waals surface area contributed by atoms with Crippen molar-refractivity contribution in [1.29, 1.82) is 0 Å². The summed E-state index contributed by atoms with van der Waals surface area (Å²) in [7, 11) is 0. The van der Waals surface area contributed by atoms with Gasteiger partial charge in [0.2, 0.25) is 5.91 Å². The molecular weight excluding hydrogens is 422 g/mol. The van der Waals surface area contributed by atoms with Gasteiger partial charge in [-0.1, -0.05) is 17.7 Å². The highest BCUT2D eigenvalue weighted by Gasteiger charge is 2.30. The molecule has 0 spiro atoms. The lowest BCUT2D eigenvalue weighted by Crippen LogP contribution is -2.51. The third kappa shape index (κ3) is 5.01. The van der Waals surface area contributed by atoms with E-state index < -0.39 is 0 Å². The van der Waals surface area contributed by atoms with Crippen molar-refractivity contribution >= 4 is 17.2 Å². The zero-order chi connectivity index (χ0) is 21.9. The lowest BCUT2D eigenvalue weighted by molar-refractivity contribution is -0.134. The van der Waals surface area contributed by atoms with Crippen LogP contribution in [0.2, 0.25) is 0 Å². The summed E-state index contributed by atoms with van der Waals surface area (Å²) in [4.78, 5) is 20.1. The Bertz CT molecular complexity index is 905. The summed E-state index contributed by atoms with van der Waals surface area (Å²) in [6, 6.07) is 9.09. The molecule has 1 unspecified atom stereocenters. The number of benzene rings is 1. The zero-order valence-electron chi connectivity index (χ0n) is 18.9. The van der Waals surface area contributed by atoms with Gasteiger partial charge in [0.1, 0.15) is 11.9 Å². The van der Waals surface area contributed by atoms with E-state index in [-0.39, 0.29) is 12.0 Å². The van der Waals surface area contributed by atoms with E-state index in [0.717, 1.165) is 71.1 Å². The van der Waals surface area contributed by atoms with E-state index in [2.05, 4.69) is 56.6 Å². The second kappa shape index (κ2) is 9.91. The number of piperidine rings is 1. The molecule has 1 aromatic carbocycles. The molecule has 1 amide bonds. The topological polar surface area (TPSA) is 45.3 Å². The van der Waals surface area contributed by atoms with Crippen molar-refractivity contribution in [3.05, 3.63) is 51.7 Å². The highest BCUT2D eigenvalue weighted by molar-refractivity contribution is 7.07. The second-order valence-corrected chi connectivity index (χ2v) is 9.98. The van der Waals surface area contributed by atoms with Crippen LogP contribution in [0.4, 0.5) is 0 Å². The molecule has 7 heteroatoms. The van der Waals surface area contributed by atoms with E-state index in [4.69, 9.17) is 9.47 Å². The number of rotatable bonds is 4. The summed E-state index contributed by atoms with van der Waals surface area (Å²) in [5.74, 6) is 1.18. The smallest absolute Gasteiger partial charge is 0.236 e. The van der Waals surface area contributed by atoms with Gasteiger partial charge in [0.05, 0.1) is 19.8 Å². The molecule has 0 saturated carbocycles. The van der Waals surface area contributed by atoms with Gasteiger partial charge in [0.25, 0.3) is 0 Å². The number of morpholine rings is 1. The van der Waals surface area contributed by atoms with Crippen LogP contribution in [0, 0.1) is 6.92 Å². The lowest BCUT2D eigenvalue weighted by Gasteiger charge is -2.40. The number of amides is 1. The van der Waals surface area contributed by atoms with Crippen molar-refractivity contribution < 1.29 is 14.3 Å². The van der Waals surface area contributed by atoms with Crippen LogP contribution in [0.25, 0.3) is 0 Å². The maximum atomic E-state index is 13.2. The normalized spacial score (nSPS) is 23.4. The molecule has 0 aliphatic carbocycles. The van der Waals surface area contributed by atoms with Crippen LogP contribution < -0.4 is 4.74 Å². The number of likely N-dealkylation sites (tertiary alicyclic amines) is 1.